The monoisotopic (exact) mass is 371 g/mol. The van der Waals surface area contributed by atoms with Gasteiger partial charge < -0.3 is 14.5 Å². The third-order valence-corrected chi connectivity index (χ3v) is 5.02. The van der Waals surface area contributed by atoms with E-state index in [0.717, 1.165) is 5.69 Å². The second kappa shape index (κ2) is 7.38. The van der Waals surface area contributed by atoms with E-state index in [1.54, 1.807) is 0 Å². The van der Waals surface area contributed by atoms with Crippen molar-refractivity contribution in [3.8, 4) is 17.2 Å². The number of hydrogen-bond donors (Lipinski definition) is 1. The molecule has 1 aromatic carbocycles. The number of halogens is 1. The number of aromatic nitrogens is 4. The first kappa shape index (κ1) is 17.5. The van der Waals surface area contributed by atoms with Gasteiger partial charge in [0.1, 0.15) is 0 Å². The molecule has 0 spiro atoms. The molecular formula is C19H22FN5O2. The first-order valence-corrected chi connectivity index (χ1v) is 9.18. The van der Waals surface area contributed by atoms with Crippen LogP contribution < -0.4 is 4.90 Å². The average molecular weight is 371 g/mol. The second-order valence-electron chi connectivity index (χ2n) is 6.98. The molecule has 1 aliphatic carbocycles. The Hall–Kier alpha value is -2.90. The van der Waals surface area contributed by atoms with Crippen LogP contribution in [-0.4, -0.2) is 32.1 Å². The molecule has 0 bridgehead atoms. The SMILES string of the molecule is CN(Cc1ccnn1C1CCCCC1)c1noc(-c2ccc(F)c(O)c2)n1. The smallest absolute Gasteiger partial charge is 0.266 e. The summed E-state index contributed by atoms with van der Waals surface area (Å²) in [5.41, 5.74) is 1.57. The molecule has 1 saturated carbocycles. The highest BCUT2D eigenvalue weighted by Crippen LogP contribution is 2.29. The van der Waals surface area contributed by atoms with Gasteiger partial charge in [0.05, 0.1) is 18.3 Å². The molecule has 3 aromatic rings. The van der Waals surface area contributed by atoms with Crippen LogP contribution >= 0.6 is 0 Å². The fourth-order valence-corrected chi connectivity index (χ4v) is 3.57. The summed E-state index contributed by atoms with van der Waals surface area (Å²) in [4.78, 5) is 6.24. The molecule has 0 saturated heterocycles. The average Bonchev–Trinajstić information content (AvgIpc) is 3.34. The van der Waals surface area contributed by atoms with Gasteiger partial charge in [-0.15, -0.1) is 0 Å². The Morgan fingerprint density at radius 2 is 2.07 bits per heavy atom. The zero-order valence-corrected chi connectivity index (χ0v) is 15.2. The summed E-state index contributed by atoms with van der Waals surface area (Å²) >= 11 is 0. The molecule has 2 heterocycles. The summed E-state index contributed by atoms with van der Waals surface area (Å²) in [7, 11) is 1.88. The summed E-state index contributed by atoms with van der Waals surface area (Å²) in [5.74, 6) is -0.485. The molecule has 4 rings (SSSR count). The van der Waals surface area contributed by atoms with Gasteiger partial charge in [-0.05, 0) is 42.3 Å². The van der Waals surface area contributed by atoms with Gasteiger partial charge in [-0.3, -0.25) is 4.68 Å². The summed E-state index contributed by atoms with van der Waals surface area (Å²) in [6.07, 6.45) is 7.97. The molecule has 27 heavy (non-hydrogen) atoms. The van der Waals surface area contributed by atoms with Crippen molar-refractivity contribution in [1.82, 2.24) is 19.9 Å². The summed E-state index contributed by atoms with van der Waals surface area (Å²) in [5, 5.41) is 18.0. The molecule has 7 nitrogen and oxygen atoms in total. The minimum atomic E-state index is -0.688. The standard InChI is InChI=1S/C19H22FN5O2/c1-24(12-15-9-10-21-25(15)14-5-3-2-4-6-14)19-22-18(27-23-19)13-7-8-16(20)17(26)11-13/h7-11,14,26H,2-6,12H2,1H3. The maximum Gasteiger partial charge on any atom is 0.266 e. The van der Waals surface area contributed by atoms with Crippen LogP contribution in [0.1, 0.15) is 43.8 Å². The Balaban J connectivity index is 1.49. The maximum atomic E-state index is 13.2. The second-order valence-corrected chi connectivity index (χ2v) is 6.98. The van der Waals surface area contributed by atoms with Gasteiger partial charge in [-0.2, -0.15) is 10.1 Å². The molecule has 0 amide bonds. The normalized spacial score (nSPS) is 15.2. The molecule has 2 aromatic heterocycles. The highest BCUT2D eigenvalue weighted by atomic mass is 19.1. The first-order chi connectivity index (χ1) is 13.1. The lowest BCUT2D eigenvalue weighted by Gasteiger charge is -2.25. The molecule has 1 aliphatic rings. The van der Waals surface area contributed by atoms with Gasteiger partial charge in [0.15, 0.2) is 11.6 Å². The highest BCUT2D eigenvalue weighted by molar-refractivity contribution is 5.57. The minimum Gasteiger partial charge on any atom is -0.505 e. The van der Waals surface area contributed by atoms with Gasteiger partial charge in [-0.25, -0.2) is 4.39 Å². The molecule has 1 N–H and O–H groups in total. The van der Waals surface area contributed by atoms with Crippen LogP contribution in [-0.2, 0) is 6.54 Å². The van der Waals surface area contributed by atoms with Crippen LogP contribution in [0.5, 0.6) is 5.75 Å². The number of anilines is 1. The molecule has 142 valence electrons. The quantitative estimate of drug-likeness (QED) is 0.732. The molecule has 0 unspecified atom stereocenters. The van der Waals surface area contributed by atoms with E-state index in [1.165, 1.54) is 50.3 Å². The lowest BCUT2D eigenvalue weighted by atomic mass is 9.95. The van der Waals surface area contributed by atoms with Gasteiger partial charge in [-0.1, -0.05) is 19.3 Å². The highest BCUT2D eigenvalue weighted by Gasteiger charge is 2.20. The lowest BCUT2D eigenvalue weighted by molar-refractivity contribution is 0.322. The van der Waals surface area contributed by atoms with E-state index in [2.05, 4.69) is 19.9 Å². The molecular weight excluding hydrogens is 349 g/mol. The van der Waals surface area contributed by atoms with E-state index in [9.17, 15) is 9.50 Å². The van der Waals surface area contributed by atoms with Gasteiger partial charge in [0.25, 0.3) is 11.8 Å². The van der Waals surface area contributed by atoms with Crippen molar-refractivity contribution in [1.29, 1.82) is 0 Å². The molecule has 0 atom stereocenters. The number of rotatable bonds is 5. The number of phenolic OH excluding ortho intramolecular Hbond substituents is 1. The Morgan fingerprint density at radius 1 is 1.26 bits per heavy atom. The zero-order valence-electron chi connectivity index (χ0n) is 15.2. The third-order valence-electron chi connectivity index (χ3n) is 5.02. The van der Waals surface area contributed by atoms with Crippen LogP contribution in [0.15, 0.2) is 35.0 Å². The Morgan fingerprint density at radius 3 is 2.85 bits per heavy atom. The molecule has 1 fully saturated rings. The van der Waals surface area contributed by atoms with Crippen molar-refractivity contribution in [3.63, 3.8) is 0 Å². The van der Waals surface area contributed by atoms with Gasteiger partial charge >= 0.3 is 0 Å². The summed E-state index contributed by atoms with van der Waals surface area (Å²) < 4.78 is 20.6. The maximum absolute atomic E-state index is 13.2. The van der Waals surface area contributed by atoms with Gasteiger partial charge in [0, 0.05) is 18.8 Å². The zero-order chi connectivity index (χ0) is 18.8. The minimum absolute atomic E-state index is 0.230. The number of hydrogen-bond acceptors (Lipinski definition) is 6. The van der Waals surface area contributed by atoms with Crippen molar-refractivity contribution in [3.05, 3.63) is 42.0 Å². The Bertz CT molecular complexity index is 916. The van der Waals surface area contributed by atoms with Crippen molar-refractivity contribution in [2.24, 2.45) is 0 Å². The molecule has 8 heteroatoms. The summed E-state index contributed by atoms with van der Waals surface area (Å²) in [6, 6.07) is 6.40. The van der Waals surface area contributed by atoms with Crippen molar-refractivity contribution in [2.75, 3.05) is 11.9 Å². The van der Waals surface area contributed by atoms with Crippen LogP contribution in [0.4, 0.5) is 10.3 Å². The van der Waals surface area contributed by atoms with Crippen LogP contribution in [0.2, 0.25) is 0 Å². The number of nitrogens with zero attached hydrogens (tertiary/aromatic N) is 5. The van der Waals surface area contributed by atoms with E-state index in [-0.39, 0.29) is 5.89 Å². The topological polar surface area (TPSA) is 80.2 Å². The number of phenols is 1. The van der Waals surface area contributed by atoms with Crippen LogP contribution in [0, 0.1) is 5.82 Å². The largest absolute Gasteiger partial charge is 0.505 e. The van der Waals surface area contributed by atoms with Crippen LogP contribution in [0.25, 0.3) is 11.5 Å². The molecule has 0 radical (unpaired) electrons. The van der Waals surface area contributed by atoms with E-state index < -0.39 is 11.6 Å². The third kappa shape index (κ3) is 3.65. The fourth-order valence-electron chi connectivity index (χ4n) is 3.57. The summed E-state index contributed by atoms with van der Waals surface area (Å²) in [6.45, 7) is 0.601. The van der Waals surface area contributed by atoms with Crippen molar-refractivity contribution in [2.45, 2.75) is 44.7 Å². The predicted molar refractivity (Wildman–Crippen MR) is 97.8 cm³/mol. The number of benzene rings is 1. The van der Waals surface area contributed by atoms with E-state index in [4.69, 9.17) is 4.52 Å². The first-order valence-electron chi connectivity index (χ1n) is 9.18. The van der Waals surface area contributed by atoms with Crippen molar-refractivity contribution >= 4 is 5.95 Å². The predicted octanol–water partition coefficient (Wildman–Crippen LogP) is 3.92. The Labute approximate surface area is 156 Å². The lowest BCUT2D eigenvalue weighted by Crippen LogP contribution is -2.23. The van der Waals surface area contributed by atoms with Gasteiger partial charge in [0.2, 0.25) is 0 Å². The number of aromatic hydroxyl groups is 1. The van der Waals surface area contributed by atoms with E-state index in [0.29, 0.717) is 24.1 Å². The Kier molecular flexibility index (Phi) is 4.79. The van der Waals surface area contributed by atoms with Crippen molar-refractivity contribution < 1.29 is 14.0 Å². The van der Waals surface area contributed by atoms with E-state index in [1.807, 2.05) is 24.2 Å². The van der Waals surface area contributed by atoms with Crippen LogP contribution in [0.3, 0.4) is 0 Å². The fraction of sp³-hybridized carbons (Fsp3) is 0.421. The van der Waals surface area contributed by atoms with E-state index >= 15 is 0 Å². The molecule has 0 aliphatic heterocycles.